The molecule has 0 saturated carbocycles. The highest BCUT2D eigenvalue weighted by molar-refractivity contribution is 14.0. The topological polar surface area (TPSA) is 94.1 Å². The molecule has 0 aliphatic carbocycles. The molecule has 1 unspecified atom stereocenters. The van der Waals surface area contributed by atoms with E-state index < -0.39 is 10.0 Å². The summed E-state index contributed by atoms with van der Waals surface area (Å²) in [6.45, 7) is 6.79. The summed E-state index contributed by atoms with van der Waals surface area (Å²) in [6.07, 6.45) is 3.37. The van der Waals surface area contributed by atoms with E-state index in [0.29, 0.717) is 45.0 Å². The van der Waals surface area contributed by atoms with Crippen LogP contribution in [0.5, 0.6) is 0 Å². The average molecular weight is 489 g/mol. The number of guanidine groups is 1. The third kappa shape index (κ3) is 8.54. The Labute approximate surface area is 168 Å². The first kappa shape index (κ1) is 24.4. The Kier molecular flexibility index (Phi) is 11.6. The van der Waals surface area contributed by atoms with Gasteiger partial charge in [-0.3, -0.25) is 9.79 Å². The molecule has 0 spiro atoms. The van der Waals surface area contributed by atoms with Gasteiger partial charge < -0.3 is 15.5 Å². The molecule has 1 saturated heterocycles. The molecule has 1 aliphatic rings. The Morgan fingerprint density at radius 3 is 2.56 bits per heavy atom. The van der Waals surface area contributed by atoms with Crippen LogP contribution in [-0.4, -0.2) is 81.6 Å². The normalized spacial score (nSPS) is 18.2. The minimum Gasteiger partial charge on any atom is -0.356 e. The maximum absolute atomic E-state index is 11.7. The Balaban J connectivity index is 0.00000576. The standard InChI is InChI=1S/C15H31N5O3S.HI/c1-5-14(21)19-11-8-13(12-19)18-15(16-3)17-9-7-10-20(6-2)24(4,22)23;/h13H,5-12H2,1-4H3,(H2,16,17,18);1H. The zero-order valence-electron chi connectivity index (χ0n) is 15.6. The van der Waals surface area contributed by atoms with Crippen LogP contribution in [0.2, 0.25) is 0 Å². The molecule has 1 rings (SSSR count). The van der Waals surface area contributed by atoms with E-state index in [1.54, 1.807) is 7.05 Å². The Morgan fingerprint density at radius 1 is 1.36 bits per heavy atom. The number of nitrogens with one attached hydrogen (secondary N) is 2. The number of halogens is 1. The van der Waals surface area contributed by atoms with Gasteiger partial charge in [0.1, 0.15) is 0 Å². The zero-order chi connectivity index (χ0) is 18.2. The third-order valence-electron chi connectivity index (χ3n) is 4.11. The van der Waals surface area contributed by atoms with Gasteiger partial charge in [-0.25, -0.2) is 12.7 Å². The number of rotatable bonds is 8. The van der Waals surface area contributed by atoms with Crippen molar-refractivity contribution in [2.75, 3.05) is 46.0 Å². The Hall–Kier alpha value is -0.620. The molecule has 0 aromatic heterocycles. The number of hydrogen-bond acceptors (Lipinski definition) is 4. The van der Waals surface area contributed by atoms with Crippen molar-refractivity contribution in [1.82, 2.24) is 19.8 Å². The van der Waals surface area contributed by atoms with Gasteiger partial charge in [0.25, 0.3) is 0 Å². The number of carbonyl (C=O) groups excluding carboxylic acids is 1. The van der Waals surface area contributed by atoms with Crippen molar-refractivity contribution in [2.24, 2.45) is 4.99 Å². The van der Waals surface area contributed by atoms with Gasteiger partial charge in [0.15, 0.2) is 5.96 Å². The highest BCUT2D eigenvalue weighted by Gasteiger charge is 2.25. The largest absolute Gasteiger partial charge is 0.356 e. The van der Waals surface area contributed by atoms with Crippen LogP contribution in [0.4, 0.5) is 0 Å². The lowest BCUT2D eigenvalue weighted by molar-refractivity contribution is -0.129. The van der Waals surface area contributed by atoms with Gasteiger partial charge in [-0.15, -0.1) is 24.0 Å². The zero-order valence-corrected chi connectivity index (χ0v) is 18.8. The monoisotopic (exact) mass is 489 g/mol. The van der Waals surface area contributed by atoms with Crippen LogP contribution in [0.3, 0.4) is 0 Å². The average Bonchev–Trinajstić information content (AvgIpc) is 3.00. The van der Waals surface area contributed by atoms with Crippen LogP contribution in [0.25, 0.3) is 0 Å². The number of hydrogen-bond donors (Lipinski definition) is 2. The molecule has 1 fully saturated rings. The van der Waals surface area contributed by atoms with Gasteiger partial charge in [-0.2, -0.15) is 0 Å². The lowest BCUT2D eigenvalue weighted by atomic mass is 10.3. The molecule has 0 aromatic rings. The van der Waals surface area contributed by atoms with Crippen LogP contribution < -0.4 is 10.6 Å². The number of amides is 1. The molecule has 0 bridgehead atoms. The summed E-state index contributed by atoms with van der Waals surface area (Å²) < 4.78 is 24.5. The van der Waals surface area contributed by atoms with E-state index in [1.807, 2.05) is 18.7 Å². The number of aliphatic imine (C=N–C) groups is 1. The van der Waals surface area contributed by atoms with Crippen LogP contribution in [0.1, 0.15) is 33.1 Å². The lowest BCUT2D eigenvalue weighted by Crippen LogP contribution is -2.45. The van der Waals surface area contributed by atoms with E-state index in [-0.39, 0.29) is 35.9 Å². The van der Waals surface area contributed by atoms with E-state index in [1.165, 1.54) is 10.6 Å². The lowest BCUT2D eigenvalue weighted by Gasteiger charge is -2.20. The maximum atomic E-state index is 11.7. The fourth-order valence-corrected chi connectivity index (χ4v) is 3.67. The summed E-state index contributed by atoms with van der Waals surface area (Å²) in [5.74, 6) is 0.871. The van der Waals surface area contributed by atoms with Gasteiger partial charge in [0, 0.05) is 52.2 Å². The van der Waals surface area contributed by atoms with E-state index >= 15 is 0 Å². The number of nitrogens with zero attached hydrogens (tertiary/aromatic N) is 3. The molecule has 1 atom stereocenters. The predicted molar refractivity (Wildman–Crippen MR) is 112 cm³/mol. The molecule has 25 heavy (non-hydrogen) atoms. The smallest absolute Gasteiger partial charge is 0.222 e. The quantitative estimate of drug-likeness (QED) is 0.224. The summed E-state index contributed by atoms with van der Waals surface area (Å²) in [7, 11) is -1.43. The molecule has 1 amide bonds. The van der Waals surface area contributed by atoms with Crippen LogP contribution in [0.15, 0.2) is 4.99 Å². The second kappa shape index (κ2) is 11.9. The van der Waals surface area contributed by atoms with Crippen molar-refractivity contribution in [3.05, 3.63) is 0 Å². The van der Waals surface area contributed by atoms with Gasteiger partial charge >= 0.3 is 0 Å². The second-order valence-corrected chi connectivity index (χ2v) is 7.91. The van der Waals surface area contributed by atoms with Crippen molar-refractivity contribution >= 4 is 45.9 Å². The van der Waals surface area contributed by atoms with Crippen molar-refractivity contribution in [1.29, 1.82) is 0 Å². The van der Waals surface area contributed by atoms with Gasteiger partial charge in [0.2, 0.25) is 15.9 Å². The first-order valence-corrected chi connectivity index (χ1v) is 10.4. The highest BCUT2D eigenvalue weighted by atomic mass is 127. The third-order valence-corrected chi connectivity index (χ3v) is 5.49. The fraction of sp³-hybridized carbons (Fsp3) is 0.867. The van der Waals surface area contributed by atoms with Crippen LogP contribution in [0, 0.1) is 0 Å². The SMILES string of the molecule is CCC(=O)N1CCC(NC(=NC)NCCCN(CC)S(C)(=O)=O)C1.I. The summed E-state index contributed by atoms with van der Waals surface area (Å²) in [5, 5.41) is 6.52. The van der Waals surface area contributed by atoms with E-state index in [4.69, 9.17) is 0 Å². The molecule has 1 heterocycles. The first-order chi connectivity index (χ1) is 11.3. The predicted octanol–water partition coefficient (Wildman–Crippen LogP) is 0.452. The Morgan fingerprint density at radius 2 is 2.04 bits per heavy atom. The van der Waals surface area contributed by atoms with Crippen molar-refractivity contribution < 1.29 is 13.2 Å². The summed E-state index contributed by atoms with van der Waals surface area (Å²) in [4.78, 5) is 17.8. The molecule has 2 N–H and O–H groups in total. The van der Waals surface area contributed by atoms with E-state index in [0.717, 1.165) is 13.0 Å². The van der Waals surface area contributed by atoms with E-state index in [9.17, 15) is 13.2 Å². The molecule has 1 aliphatic heterocycles. The molecule has 0 radical (unpaired) electrons. The molecule has 8 nitrogen and oxygen atoms in total. The summed E-state index contributed by atoms with van der Waals surface area (Å²) in [5.41, 5.74) is 0. The molecular formula is C15H32IN5O3S. The molecule has 148 valence electrons. The molecule has 10 heteroatoms. The fourth-order valence-electron chi connectivity index (χ4n) is 2.74. The van der Waals surface area contributed by atoms with Crippen LogP contribution in [-0.2, 0) is 14.8 Å². The minimum absolute atomic E-state index is 0. The summed E-state index contributed by atoms with van der Waals surface area (Å²) in [6, 6.07) is 0.204. The van der Waals surface area contributed by atoms with E-state index in [2.05, 4.69) is 15.6 Å². The van der Waals surface area contributed by atoms with Crippen LogP contribution >= 0.6 is 24.0 Å². The van der Waals surface area contributed by atoms with Gasteiger partial charge in [-0.05, 0) is 12.8 Å². The molecular weight excluding hydrogens is 457 g/mol. The highest BCUT2D eigenvalue weighted by Crippen LogP contribution is 2.10. The van der Waals surface area contributed by atoms with Crippen molar-refractivity contribution in [2.45, 2.75) is 39.2 Å². The van der Waals surface area contributed by atoms with Crippen molar-refractivity contribution in [3.8, 4) is 0 Å². The summed E-state index contributed by atoms with van der Waals surface area (Å²) >= 11 is 0. The molecule has 0 aromatic carbocycles. The van der Waals surface area contributed by atoms with Gasteiger partial charge in [-0.1, -0.05) is 13.8 Å². The maximum Gasteiger partial charge on any atom is 0.222 e. The number of sulfonamides is 1. The number of carbonyl (C=O) groups is 1. The first-order valence-electron chi connectivity index (χ1n) is 8.51. The Bertz CT molecular complexity index is 541. The van der Waals surface area contributed by atoms with Crippen molar-refractivity contribution in [3.63, 3.8) is 0 Å². The number of likely N-dealkylation sites (tertiary alicyclic amines) is 1. The minimum atomic E-state index is -3.13. The second-order valence-electron chi connectivity index (χ2n) is 5.93. The van der Waals surface area contributed by atoms with Gasteiger partial charge in [0.05, 0.1) is 6.26 Å².